The predicted molar refractivity (Wildman–Crippen MR) is 57.7 cm³/mol. The van der Waals surface area contributed by atoms with Crippen molar-refractivity contribution in [1.29, 1.82) is 0 Å². The van der Waals surface area contributed by atoms with Crippen molar-refractivity contribution in [2.45, 2.75) is 20.4 Å². The smallest absolute Gasteiger partial charge is 0.138 e. The summed E-state index contributed by atoms with van der Waals surface area (Å²) in [6, 6.07) is 1.74. The molecule has 0 saturated carbocycles. The Morgan fingerprint density at radius 3 is 2.46 bits per heavy atom. The molecule has 0 atom stereocenters. The summed E-state index contributed by atoms with van der Waals surface area (Å²) >= 11 is 5.76. The van der Waals surface area contributed by atoms with Crippen LogP contribution in [-0.2, 0) is 6.54 Å². The van der Waals surface area contributed by atoms with E-state index in [0.717, 1.165) is 16.7 Å². The van der Waals surface area contributed by atoms with Crippen molar-refractivity contribution >= 4 is 24.0 Å². The molecule has 3 N–H and O–H groups in total. The van der Waals surface area contributed by atoms with Crippen LogP contribution in [-0.4, -0.2) is 5.11 Å². The summed E-state index contributed by atoms with van der Waals surface area (Å²) in [5, 5.41) is 9.86. The molecular weight excluding hydrogens is 209 g/mol. The van der Waals surface area contributed by atoms with Crippen LogP contribution in [0.2, 0.25) is 5.02 Å². The number of phenolic OH excluding ortho intramolecular Hbond substituents is 1. The van der Waals surface area contributed by atoms with E-state index in [-0.39, 0.29) is 18.2 Å². The minimum Gasteiger partial charge on any atom is -0.506 e. The highest BCUT2D eigenvalue weighted by Gasteiger charge is 2.09. The van der Waals surface area contributed by atoms with Crippen molar-refractivity contribution in [3.05, 3.63) is 27.8 Å². The van der Waals surface area contributed by atoms with Gasteiger partial charge in [-0.3, -0.25) is 0 Å². The molecule has 13 heavy (non-hydrogen) atoms. The first-order valence-electron chi connectivity index (χ1n) is 3.75. The Bertz CT molecular complexity index is 287. The van der Waals surface area contributed by atoms with Gasteiger partial charge in [0.05, 0.1) is 5.02 Å². The molecule has 0 unspecified atom stereocenters. The number of hydrogen-bond donors (Lipinski definition) is 2. The Balaban J connectivity index is 0.00000144. The molecule has 74 valence electrons. The highest BCUT2D eigenvalue weighted by Crippen LogP contribution is 2.31. The Hall–Kier alpha value is -0.440. The number of hydrogen-bond acceptors (Lipinski definition) is 2. The third-order valence-corrected chi connectivity index (χ3v) is 2.39. The van der Waals surface area contributed by atoms with Crippen LogP contribution in [0.15, 0.2) is 6.07 Å². The fourth-order valence-electron chi connectivity index (χ4n) is 1.18. The summed E-state index contributed by atoms with van der Waals surface area (Å²) in [5.74, 6) is 0.113. The van der Waals surface area contributed by atoms with Gasteiger partial charge in [0.15, 0.2) is 0 Å². The second-order valence-electron chi connectivity index (χ2n) is 2.83. The topological polar surface area (TPSA) is 46.2 Å². The van der Waals surface area contributed by atoms with Gasteiger partial charge in [-0.15, -0.1) is 12.4 Å². The van der Waals surface area contributed by atoms with Gasteiger partial charge in [-0.1, -0.05) is 11.6 Å². The van der Waals surface area contributed by atoms with Gasteiger partial charge in [-0.2, -0.15) is 0 Å². The number of benzene rings is 1. The highest BCUT2D eigenvalue weighted by atomic mass is 35.5. The quantitative estimate of drug-likeness (QED) is 0.766. The third-order valence-electron chi connectivity index (χ3n) is 2.10. The molecule has 0 fully saturated rings. The number of aryl methyl sites for hydroxylation is 1. The molecule has 1 rings (SSSR count). The van der Waals surface area contributed by atoms with Crippen molar-refractivity contribution in [3.8, 4) is 5.75 Å². The fourth-order valence-corrected chi connectivity index (χ4v) is 1.45. The summed E-state index contributed by atoms with van der Waals surface area (Å²) in [6.07, 6.45) is 0. The van der Waals surface area contributed by atoms with Gasteiger partial charge in [0, 0.05) is 12.1 Å². The number of phenols is 1. The van der Waals surface area contributed by atoms with Crippen LogP contribution in [0.4, 0.5) is 0 Å². The molecule has 1 aromatic carbocycles. The maximum absolute atomic E-state index is 9.49. The molecule has 0 aliphatic rings. The lowest BCUT2D eigenvalue weighted by molar-refractivity contribution is 0.468. The highest BCUT2D eigenvalue weighted by molar-refractivity contribution is 6.32. The largest absolute Gasteiger partial charge is 0.506 e. The van der Waals surface area contributed by atoms with Gasteiger partial charge >= 0.3 is 0 Å². The molecule has 0 bridgehead atoms. The van der Waals surface area contributed by atoms with E-state index in [1.54, 1.807) is 6.07 Å². The molecule has 0 saturated heterocycles. The van der Waals surface area contributed by atoms with Crippen LogP contribution < -0.4 is 5.73 Å². The zero-order valence-electron chi connectivity index (χ0n) is 7.60. The molecule has 0 heterocycles. The zero-order chi connectivity index (χ0) is 9.30. The Labute approximate surface area is 89.1 Å². The molecule has 2 nitrogen and oxygen atoms in total. The third kappa shape index (κ3) is 2.27. The summed E-state index contributed by atoms with van der Waals surface area (Å²) in [7, 11) is 0. The SMILES string of the molecule is Cc1cc(Cl)c(O)c(CN)c1C.Cl. The molecule has 1 aromatic rings. The van der Waals surface area contributed by atoms with Crippen molar-refractivity contribution in [1.82, 2.24) is 0 Å². The molecule has 0 spiro atoms. The average Bonchev–Trinajstić information content (AvgIpc) is 2.02. The average molecular weight is 222 g/mol. The van der Waals surface area contributed by atoms with Crippen LogP contribution >= 0.6 is 24.0 Å². The molecule has 0 aromatic heterocycles. The molecule has 4 heteroatoms. The lowest BCUT2D eigenvalue weighted by Crippen LogP contribution is -2.01. The van der Waals surface area contributed by atoms with Crippen LogP contribution in [0.5, 0.6) is 5.75 Å². The molecule has 0 amide bonds. The van der Waals surface area contributed by atoms with Crippen LogP contribution in [0.25, 0.3) is 0 Å². The number of nitrogens with two attached hydrogens (primary N) is 1. The lowest BCUT2D eigenvalue weighted by atomic mass is 10.0. The minimum absolute atomic E-state index is 0. The minimum atomic E-state index is 0. The van der Waals surface area contributed by atoms with Gasteiger partial charge in [0.2, 0.25) is 0 Å². The summed E-state index contributed by atoms with van der Waals surface area (Å²) in [4.78, 5) is 0. The summed E-state index contributed by atoms with van der Waals surface area (Å²) in [6.45, 7) is 4.19. The van der Waals surface area contributed by atoms with Crippen molar-refractivity contribution in [2.24, 2.45) is 5.73 Å². The maximum atomic E-state index is 9.49. The zero-order valence-corrected chi connectivity index (χ0v) is 9.17. The second-order valence-corrected chi connectivity index (χ2v) is 3.24. The monoisotopic (exact) mass is 221 g/mol. The van der Waals surface area contributed by atoms with Crippen LogP contribution in [0, 0.1) is 13.8 Å². The Morgan fingerprint density at radius 2 is 2.00 bits per heavy atom. The van der Waals surface area contributed by atoms with E-state index in [9.17, 15) is 5.11 Å². The lowest BCUT2D eigenvalue weighted by Gasteiger charge is -2.10. The second kappa shape index (κ2) is 4.70. The Morgan fingerprint density at radius 1 is 1.46 bits per heavy atom. The van der Waals surface area contributed by atoms with Crippen molar-refractivity contribution in [3.63, 3.8) is 0 Å². The van der Waals surface area contributed by atoms with E-state index in [0.29, 0.717) is 11.6 Å². The molecule has 0 radical (unpaired) electrons. The molecular formula is C9H13Cl2NO. The summed E-state index contributed by atoms with van der Waals surface area (Å²) in [5.41, 5.74) is 8.27. The standard InChI is InChI=1S/C9H12ClNO.ClH/c1-5-3-8(10)9(12)7(4-11)6(5)2;/h3,12H,4,11H2,1-2H3;1H. The molecule has 0 aliphatic heterocycles. The van der Waals surface area contributed by atoms with Crippen molar-refractivity contribution < 1.29 is 5.11 Å². The van der Waals surface area contributed by atoms with Gasteiger partial charge in [0.25, 0.3) is 0 Å². The van der Waals surface area contributed by atoms with E-state index in [2.05, 4.69) is 0 Å². The van der Waals surface area contributed by atoms with Gasteiger partial charge < -0.3 is 10.8 Å². The van der Waals surface area contributed by atoms with E-state index < -0.39 is 0 Å². The number of rotatable bonds is 1. The number of aromatic hydroxyl groups is 1. The first kappa shape index (κ1) is 12.6. The first-order chi connectivity index (χ1) is 5.57. The van der Waals surface area contributed by atoms with E-state index >= 15 is 0 Å². The normalized spacial score (nSPS) is 9.54. The van der Waals surface area contributed by atoms with E-state index in [4.69, 9.17) is 17.3 Å². The number of halogens is 2. The predicted octanol–water partition coefficient (Wildman–Crippen LogP) is 2.54. The van der Waals surface area contributed by atoms with Gasteiger partial charge in [-0.25, -0.2) is 0 Å². The van der Waals surface area contributed by atoms with Crippen molar-refractivity contribution in [2.75, 3.05) is 0 Å². The maximum Gasteiger partial charge on any atom is 0.138 e. The van der Waals surface area contributed by atoms with Crippen LogP contribution in [0.1, 0.15) is 16.7 Å². The van der Waals surface area contributed by atoms with E-state index in [1.807, 2.05) is 13.8 Å². The van der Waals surface area contributed by atoms with Gasteiger partial charge in [0.1, 0.15) is 5.75 Å². The van der Waals surface area contributed by atoms with E-state index in [1.165, 1.54) is 0 Å². The fraction of sp³-hybridized carbons (Fsp3) is 0.333. The first-order valence-corrected chi connectivity index (χ1v) is 4.13. The van der Waals surface area contributed by atoms with Crippen LogP contribution in [0.3, 0.4) is 0 Å². The molecule has 0 aliphatic carbocycles. The summed E-state index contributed by atoms with van der Waals surface area (Å²) < 4.78 is 0. The van der Waals surface area contributed by atoms with Gasteiger partial charge in [-0.05, 0) is 31.0 Å². The Kier molecular flexibility index (Phi) is 4.54.